The Morgan fingerprint density at radius 3 is 2.73 bits per heavy atom. The molecule has 30 heavy (non-hydrogen) atoms. The van der Waals surface area contributed by atoms with E-state index in [2.05, 4.69) is 37.5 Å². The van der Waals surface area contributed by atoms with Crippen LogP contribution in [-0.2, 0) is 17.6 Å². The second-order valence-electron chi connectivity index (χ2n) is 7.20. The molecule has 0 unspecified atom stereocenters. The van der Waals surface area contributed by atoms with Gasteiger partial charge in [0, 0.05) is 67.6 Å². The maximum atomic E-state index is 12.3. The summed E-state index contributed by atoms with van der Waals surface area (Å²) in [5.41, 5.74) is 2.89. The maximum absolute atomic E-state index is 12.3. The number of anilines is 1. The van der Waals surface area contributed by atoms with Crippen LogP contribution in [0.1, 0.15) is 17.9 Å². The number of rotatable bonds is 8. The Balaban J connectivity index is 1.22. The number of nitrogens with zero attached hydrogens (tertiary/aromatic N) is 4. The Bertz CT molecular complexity index is 940. The molecule has 1 aliphatic heterocycles. The molecular formula is C22H25N5O2S. The summed E-state index contributed by atoms with van der Waals surface area (Å²) in [6, 6.07) is 11.8. The van der Waals surface area contributed by atoms with E-state index in [1.165, 1.54) is 30.2 Å². The van der Waals surface area contributed by atoms with Crippen molar-refractivity contribution in [1.29, 1.82) is 0 Å². The predicted molar refractivity (Wildman–Crippen MR) is 118 cm³/mol. The van der Waals surface area contributed by atoms with Gasteiger partial charge >= 0.3 is 0 Å². The van der Waals surface area contributed by atoms with Gasteiger partial charge in [-0.1, -0.05) is 17.3 Å². The molecule has 1 fully saturated rings. The number of amides is 1. The Morgan fingerprint density at radius 2 is 1.97 bits per heavy atom. The zero-order valence-electron chi connectivity index (χ0n) is 16.8. The molecule has 2 aromatic heterocycles. The number of aryl methyl sites for hydroxylation is 1. The van der Waals surface area contributed by atoms with E-state index >= 15 is 0 Å². The van der Waals surface area contributed by atoms with Crippen LogP contribution in [0.2, 0.25) is 0 Å². The van der Waals surface area contributed by atoms with Gasteiger partial charge in [0.15, 0.2) is 0 Å². The highest BCUT2D eigenvalue weighted by Gasteiger charge is 2.12. The molecule has 1 amide bonds. The quantitative estimate of drug-likeness (QED) is 0.595. The molecule has 7 nitrogen and oxygen atoms in total. The van der Waals surface area contributed by atoms with Crippen molar-refractivity contribution in [2.75, 3.05) is 36.5 Å². The van der Waals surface area contributed by atoms with Crippen LogP contribution in [0.5, 0.6) is 0 Å². The van der Waals surface area contributed by atoms with Crippen molar-refractivity contribution in [3.8, 4) is 11.4 Å². The first-order valence-electron chi connectivity index (χ1n) is 10.2. The van der Waals surface area contributed by atoms with Gasteiger partial charge in [-0.3, -0.25) is 9.78 Å². The smallest absolute Gasteiger partial charge is 0.227 e. The maximum Gasteiger partial charge on any atom is 0.227 e. The highest BCUT2D eigenvalue weighted by atomic mass is 32.2. The van der Waals surface area contributed by atoms with Crippen LogP contribution in [0.25, 0.3) is 11.4 Å². The number of carbonyl (C=O) groups excluding carboxylic acids is 1. The van der Waals surface area contributed by atoms with Crippen molar-refractivity contribution in [2.45, 2.75) is 19.3 Å². The number of nitrogens with one attached hydrogen (secondary N) is 1. The van der Waals surface area contributed by atoms with Gasteiger partial charge < -0.3 is 14.7 Å². The van der Waals surface area contributed by atoms with Crippen LogP contribution in [0.4, 0.5) is 5.69 Å². The normalized spacial score (nSPS) is 14.5. The average Bonchev–Trinajstić information content (AvgIpc) is 3.28. The fourth-order valence-corrected chi connectivity index (χ4v) is 4.26. The largest absolute Gasteiger partial charge is 0.339 e. The van der Waals surface area contributed by atoms with E-state index in [0.717, 1.165) is 24.2 Å². The van der Waals surface area contributed by atoms with E-state index in [4.69, 9.17) is 4.52 Å². The zero-order chi connectivity index (χ0) is 20.6. The molecule has 0 bridgehead atoms. The number of aromatic nitrogens is 3. The lowest BCUT2D eigenvalue weighted by molar-refractivity contribution is -0.116. The van der Waals surface area contributed by atoms with E-state index in [9.17, 15) is 4.79 Å². The number of hydrogen-bond acceptors (Lipinski definition) is 7. The summed E-state index contributed by atoms with van der Waals surface area (Å²) in [5.74, 6) is 3.32. The third kappa shape index (κ3) is 5.90. The first kappa shape index (κ1) is 20.6. The van der Waals surface area contributed by atoms with Gasteiger partial charge in [-0.15, -0.1) is 0 Å². The van der Waals surface area contributed by atoms with E-state index in [-0.39, 0.29) is 12.3 Å². The van der Waals surface area contributed by atoms with Gasteiger partial charge in [-0.2, -0.15) is 16.7 Å². The standard InChI is InChI=1S/C22H25N5O2S/c28-20(7-8-21-25-22(26-29-21)18-2-1-10-23-16-18)24-19-5-3-17(4-6-19)9-11-27-12-14-30-15-13-27/h1-6,10,16H,7-9,11-15H2,(H,24,28). The summed E-state index contributed by atoms with van der Waals surface area (Å²) in [5, 5.41) is 6.88. The first-order chi connectivity index (χ1) is 14.8. The molecule has 1 aromatic carbocycles. The van der Waals surface area contributed by atoms with Crippen molar-refractivity contribution in [3.63, 3.8) is 0 Å². The van der Waals surface area contributed by atoms with Crippen molar-refractivity contribution < 1.29 is 9.32 Å². The van der Waals surface area contributed by atoms with E-state index < -0.39 is 0 Å². The summed E-state index contributed by atoms with van der Waals surface area (Å²) < 4.78 is 5.24. The average molecular weight is 424 g/mol. The highest BCUT2D eigenvalue weighted by molar-refractivity contribution is 7.99. The molecule has 0 aliphatic carbocycles. The molecule has 1 saturated heterocycles. The molecule has 156 valence electrons. The SMILES string of the molecule is O=C(CCc1nc(-c2cccnc2)no1)Nc1ccc(CCN2CCSCC2)cc1. The number of carbonyl (C=O) groups is 1. The van der Waals surface area contributed by atoms with Crippen molar-refractivity contribution >= 4 is 23.4 Å². The Kier molecular flexibility index (Phi) is 7.10. The van der Waals surface area contributed by atoms with E-state index in [1.807, 2.05) is 36.0 Å². The molecule has 3 aromatic rings. The summed E-state index contributed by atoms with van der Waals surface area (Å²) in [4.78, 5) is 23.1. The van der Waals surface area contributed by atoms with Gasteiger partial charge in [0.1, 0.15) is 0 Å². The van der Waals surface area contributed by atoms with E-state index in [0.29, 0.717) is 18.1 Å². The molecule has 0 saturated carbocycles. The van der Waals surface area contributed by atoms with Gasteiger partial charge in [0.25, 0.3) is 0 Å². The van der Waals surface area contributed by atoms with Gasteiger partial charge in [0.05, 0.1) is 0 Å². The molecule has 0 atom stereocenters. The summed E-state index contributed by atoms with van der Waals surface area (Å²) in [6.45, 7) is 3.46. The van der Waals surface area contributed by atoms with Crippen molar-refractivity contribution in [2.24, 2.45) is 0 Å². The molecular weight excluding hydrogens is 398 g/mol. The molecule has 8 heteroatoms. The minimum atomic E-state index is -0.0744. The predicted octanol–water partition coefficient (Wildman–Crippen LogP) is 3.29. The van der Waals surface area contributed by atoms with Crippen LogP contribution in [0.15, 0.2) is 53.3 Å². The molecule has 1 aliphatic rings. The van der Waals surface area contributed by atoms with Crippen molar-refractivity contribution in [3.05, 3.63) is 60.2 Å². The topological polar surface area (TPSA) is 84.1 Å². The summed E-state index contributed by atoms with van der Waals surface area (Å²) in [7, 11) is 0. The van der Waals surface area contributed by atoms with Gasteiger partial charge in [-0.05, 0) is 36.2 Å². The second kappa shape index (κ2) is 10.4. The van der Waals surface area contributed by atoms with E-state index in [1.54, 1.807) is 12.4 Å². The summed E-state index contributed by atoms with van der Waals surface area (Å²) in [6.07, 6.45) is 5.08. The third-order valence-corrected chi connectivity index (χ3v) is 5.95. The lowest BCUT2D eigenvalue weighted by Gasteiger charge is -2.26. The monoisotopic (exact) mass is 423 g/mol. The lowest BCUT2D eigenvalue weighted by Crippen LogP contribution is -2.34. The van der Waals surface area contributed by atoms with Gasteiger partial charge in [-0.25, -0.2) is 0 Å². The van der Waals surface area contributed by atoms with Crippen LogP contribution >= 0.6 is 11.8 Å². The number of thioether (sulfide) groups is 1. The third-order valence-electron chi connectivity index (χ3n) is 5.01. The van der Waals surface area contributed by atoms with Crippen molar-refractivity contribution in [1.82, 2.24) is 20.0 Å². The van der Waals surface area contributed by atoms with Crippen LogP contribution in [-0.4, -0.2) is 57.1 Å². The van der Waals surface area contributed by atoms with Crippen LogP contribution < -0.4 is 5.32 Å². The summed E-state index contributed by atoms with van der Waals surface area (Å²) >= 11 is 2.03. The molecule has 4 rings (SSSR count). The second-order valence-corrected chi connectivity index (χ2v) is 8.43. The number of hydrogen-bond donors (Lipinski definition) is 1. The lowest BCUT2D eigenvalue weighted by atomic mass is 10.1. The Hall–Kier alpha value is -2.71. The Labute approximate surface area is 180 Å². The number of pyridine rings is 1. The molecule has 0 radical (unpaired) electrons. The first-order valence-corrected chi connectivity index (χ1v) is 11.3. The highest BCUT2D eigenvalue weighted by Crippen LogP contribution is 2.16. The number of benzene rings is 1. The molecule has 3 heterocycles. The fourth-order valence-electron chi connectivity index (χ4n) is 3.28. The van der Waals surface area contributed by atoms with Gasteiger partial charge in [0.2, 0.25) is 17.6 Å². The molecule has 1 N–H and O–H groups in total. The molecule has 0 spiro atoms. The minimum absolute atomic E-state index is 0.0744. The van der Waals surface area contributed by atoms with Crippen LogP contribution in [0.3, 0.4) is 0 Å². The Morgan fingerprint density at radius 1 is 1.13 bits per heavy atom. The zero-order valence-corrected chi connectivity index (χ0v) is 17.6. The minimum Gasteiger partial charge on any atom is -0.339 e. The fraction of sp³-hybridized carbons (Fsp3) is 0.364. The van der Waals surface area contributed by atoms with Crippen LogP contribution in [0, 0.1) is 0 Å².